The molecule has 2 N–H and O–H groups in total. The highest BCUT2D eigenvalue weighted by Gasteiger charge is 2.15. The highest BCUT2D eigenvalue weighted by molar-refractivity contribution is 6.08. The Morgan fingerprint density at radius 1 is 1.25 bits per heavy atom. The summed E-state index contributed by atoms with van der Waals surface area (Å²) in [6, 6.07) is 11.6. The zero-order valence-electron chi connectivity index (χ0n) is 11.2. The maximum Gasteiger partial charge on any atom is 0.253 e. The van der Waals surface area contributed by atoms with Crippen molar-refractivity contribution in [2.45, 2.75) is 13.5 Å². The number of para-hydroxylation sites is 1. The highest BCUT2D eigenvalue weighted by atomic mass is 16.1. The first kappa shape index (κ1) is 12.4. The van der Waals surface area contributed by atoms with Crippen molar-refractivity contribution in [3.05, 3.63) is 65.6 Å². The summed E-state index contributed by atoms with van der Waals surface area (Å²) in [7, 11) is 0. The lowest BCUT2D eigenvalue weighted by atomic mass is 10.1. The number of amides is 1. The van der Waals surface area contributed by atoms with Crippen LogP contribution in [0.4, 0.5) is 0 Å². The molecule has 0 aliphatic carbocycles. The summed E-state index contributed by atoms with van der Waals surface area (Å²) in [4.78, 5) is 19.6. The van der Waals surface area contributed by atoms with E-state index in [9.17, 15) is 4.79 Å². The number of carbonyl (C=O) groups is 1. The second-order valence-electron chi connectivity index (χ2n) is 4.71. The van der Waals surface area contributed by atoms with Crippen molar-refractivity contribution in [1.29, 1.82) is 0 Å². The fourth-order valence-electron chi connectivity index (χ4n) is 2.34. The van der Waals surface area contributed by atoms with Gasteiger partial charge in [0, 0.05) is 35.5 Å². The summed E-state index contributed by atoms with van der Waals surface area (Å²) >= 11 is 0. The van der Waals surface area contributed by atoms with Gasteiger partial charge in [-0.15, -0.1) is 0 Å². The average Bonchev–Trinajstić information content (AvgIpc) is 2.82. The van der Waals surface area contributed by atoms with E-state index in [-0.39, 0.29) is 5.91 Å². The first-order valence-electron chi connectivity index (χ1n) is 6.50. The number of hydrogen-bond acceptors (Lipinski definition) is 2. The predicted molar refractivity (Wildman–Crippen MR) is 78.4 cm³/mol. The van der Waals surface area contributed by atoms with Crippen LogP contribution in [-0.4, -0.2) is 15.9 Å². The van der Waals surface area contributed by atoms with E-state index in [4.69, 9.17) is 0 Å². The number of nitrogens with one attached hydrogen (secondary N) is 2. The van der Waals surface area contributed by atoms with Gasteiger partial charge in [-0.1, -0.05) is 24.3 Å². The molecular formula is C16H15N3O. The third-order valence-electron chi connectivity index (χ3n) is 3.30. The molecule has 3 aromatic rings. The van der Waals surface area contributed by atoms with E-state index in [1.165, 1.54) is 0 Å². The largest absolute Gasteiger partial charge is 0.358 e. The van der Waals surface area contributed by atoms with E-state index in [0.29, 0.717) is 12.1 Å². The van der Waals surface area contributed by atoms with Crippen LogP contribution in [0, 0.1) is 6.92 Å². The van der Waals surface area contributed by atoms with Crippen molar-refractivity contribution in [3.63, 3.8) is 0 Å². The second kappa shape index (κ2) is 5.17. The Kier molecular flexibility index (Phi) is 3.21. The minimum absolute atomic E-state index is 0.0659. The molecule has 4 heteroatoms. The lowest BCUT2D eigenvalue weighted by Crippen LogP contribution is -2.23. The lowest BCUT2D eigenvalue weighted by Gasteiger charge is -2.05. The molecule has 0 saturated heterocycles. The SMILES string of the molecule is Cc1[nH]c2ccccc2c1C(=O)NCc1cccnc1. The number of fused-ring (bicyclic) bond motifs is 1. The van der Waals surface area contributed by atoms with Crippen LogP contribution in [0.25, 0.3) is 10.9 Å². The Morgan fingerprint density at radius 3 is 2.90 bits per heavy atom. The zero-order valence-corrected chi connectivity index (χ0v) is 11.2. The normalized spacial score (nSPS) is 10.7. The van der Waals surface area contributed by atoms with E-state index in [0.717, 1.165) is 22.2 Å². The number of rotatable bonds is 3. The van der Waals surface area contributed by atoms with Crippen LogP contribution in [0.2, 0.25) is 0 Å². The fourth-order valence-corrected chi connectivity index (χ4v) is 2.34. The van der Waals surface area contributed by atoms with Gasteiger partial charge in [-0.05, 0) is 24.6 Å². The third-order valence-corrected chi connectivity index (χ3v) is 3.30. The molecule has 0 atom stereocenters. The molecule has 20 heavy (non-hydrogen) atoms. The van der Waals surface area contributed by atoms with E-state index in [1.807, 2.05) is 43.3 Å². The molecule has 3 rings (SSSR count). The standard InChI is InChI=1S/C16H15N3O/c1-11-15(13-6-2-3-7-14(13)19-11)16(20)18-10-12-5-4-8-17-9-12/h2-9,19H,10H2,1H3,(H,18,20). The number of aryl methyl sites for hydroxylation is 1. The summed E-state index contributed by atoms with van der Waals surface area (Å²) in [6.45, 7) is 2.39. The van der Waals surface area contributed by atoms with Crippen LogP contribution in [-0.2, 0) is 6.54 Å². The van der Waals surface area contributed by atoms with E-state index < -0.39 is 0 Å². The summed E-state index contributed by atoms with van der Waals surface area (Å²) in [5.74, 6) is -0.0659. The summed E-state index contributed by atoms with van der Waals surface area (Å²) in [6.07, 6.45) is 3.47. The first-order valence-corrected chi connectivity index (χ1v) is 6.50. The van der Waals surface area contributed by atoms with Gasteiger partial charge < -0.3 is 10.3 Å². The van der Waals surface area contributed by atoms with Gasteiger partial charge in [-0.25, -0.2) is 0 Å². The quantitative estimate of drug-likeness (QED) is 0.765. The van der Waals surface area contributed by atoms with Gasteiger partial charge in [0.05, 0.1) is 5.56 Å². The monoisotopic (exact) mass is 265 g/mol. The van der Waals surface area contributed by atoms with E-state index in [1.54, 1.807) is 12.4 Å². The Balaban J connectivity index is 1.84. The zero-order chi connectivity index (χ0) is 13.9. The highest BCUT2D eigenvalue weighted by Crippen LogP contribution is 2.21. The van der Waals surface area contributed by atoms with Crippen molar-refractivity contribution >= 4 is 16.8 Å². The Morgan fingerprint density at radius 2 is 2.10 bits per heavy atom. The van der Waals surface area contributed by atoms with Crippen LogP contribution in [0.5, 0.6) is 0 Å². The minimum atomic E-state index is -0.0659. The molecular weight excluding hydrogens is 250 g/mol. The molecule has 2 aromatic heterocycles. The van der Waals surface area contributed by atoms with Gasteiger partial charge in [0.25, 0.3) is 5.91 Å². The summed E-state index contributed by atoms with van der Waals surface area (Å²) < 4.78 is 0. The van der Waals surface area contributed by atoms with Crippen molar-refractivity contribution in [2.75, 3.05) is 0 Å². The number of benzene rings is 1. The number of aromatic amines is 1. The van der Waals surface area contributed by atoms with Gasteiger partial charge in [0.1, 0.15) is 0 Å². The van der Waals surface area contributed by atoms with Crippen molar-refractivity contribution in [3.8, 4) is 0 Å². The van der Waals surface area contributed by atoms with Crippen molar-refractivity contribution < 1.29 is 4.79 Å². The number of carbonyl (C=O) groups excluding carboxylic acids is 1. The molecule has 0 radical (unpaired) electrons. The average molecular weight is 265 g/mol. The maximum atomic E-state index is 12.4. The molecule has 2 heterocycles. The van der Waals surface area contributed by atoms with Gasteiger partial charge in [0.15, 0.2) is 0 Å². The first-order chi connectivity index (χ1) is 9.75. The van der Waals surface area contributed by atoms with Crippen LogP contribution in [0.1, 0.15) is 21.6 Å². The van der Waals surface area contributed by atoms with Gasteiger partial charge in [-0.2, -0.15) is 0 Å². The number of aromatic nitrogens is 2. The van der Waals surface area contributed by atoms with E-state index in [2.05, 4.69) is 15.3 Å². The van der Waals surface area contributed by atoms with E-state index >= 15 is 0 Å². The van der Waals surface area contributed by atoms with Crippen molar-refractivity contribution in [1.82, 2.24) is 15.3 Å². The molecule has 4 nitrogen and oxygen atoms in total. The third kappa shape index (κ3) is 2.28. The molecule has 0 unspecified atom stereocenters. The lowest BCUT2D eigenvalue weighted by molar-refractivity contribution is 0.0952. The van der Waals surface area contributed by atoms with Gasteiger partial charge in [0.2, 0.25) is 0 Å². The molecule has 0 bridgehead atoms. The Labute approximate surface area is 116 Å². The molecule has 0 saturated carbocycles. The summed E-state index contributed by atoms with van der Waals surface area (Å²) in [5, 5.41) is 3.89. The molecule has 0 aliphatic rings. The molecule has 0 aliphatic heterocycles. The van der Waals surface area contributed by atoms with Crippen LogP contribution in [0.3, 0.4) is 0 Å². The topological polar surface area (TPSA) is 57.8 Å². The fraction of sp³-hybridized carbons (Fsp3) is 0.125. The Bertz CT molecular complexity index is 747. The second-order valence-corrected chi connectivity index (χ2v) is 4.71. The Hall–Kier alpha value is -2.62. The van der Waals surface area contributed by atoms with Crippen LogP contribution < -0.4 is 5.32 Å². The van der Waals surface area contributed by atoms with Gasteiger partial charge >= 0.3 is 0 Å². The number of H-pyrrole nitrogens is 1. The summed E-state index contributed by atoms with van der Waals surface area (Å²) in [5.41, 5.74) is 3.56. The smallest absolute Gasteiger partial charge is 0.253 e. The molecule has 0 fully saturated rings. The number of hydrogen-bond donors (Lipinski definition) is 2. The van der Waals surface area contributed by atoms with Crippen LogP contribution in [0.15, 0.2) is 48.8 Å². The maximum absolute atomic E-state index is 12.4. The molecule has 0 spiro atoms. The number of pyridine rings is 1. The van der Waals surface area contributed by atoms with Crippen LogP contribution >= 0.6 is 0 Å². The minimum Gasteiger partial charge on any atom is -0.358 e. The molecule has 1 aromatic carbocycles. The van der Waals surface area contributed by atoms with Crippen molar-refractivity contribution in [2.24, 2.45) is 0 Å². The predicted octanol–water partition coefficient (Wildman–Crippen LogP) is 2.80. The molecule has 100 valence electrons. The molecule has 1 amide bonds. The van der Waals surface area contributed by atoms with Gasteiger partial charge in [-0.3, -0.25) is 9.78 Å². The number of nitrogens with zero attached hydrogens (tertiary/aromatic N) is 1.